The molecular weight excluding hydrogens is 198 g/mol. The van der Waals surface area contributed by atoms with E-state index < -0.39 is 0 Å². The lowest BCUT2D eigenvalue weighted by atomic mass is 9.57. The van der Waals surface area contributed by atoms with Gasteiger partial charge in [0.2, 0.25) is 5.91 Å². The average Bonchev–Trinajstić information content (AvgIpc) is 2.23. The molecule has 2 saturated heterocycles. The van der Waals surface area contributed by atoms with Crippen molar-refractivity contribution in [3.05, 3.63) is 35.4 Å². The molecule has 1 amide bonds. The summed E-state index contributed by atoms with van der Waals surface area (Å²) in [5, 5.41) is 3.02. The Morgan fingerprint density at radius 3 is 2.56 bits per heavy atom. The van der Waals surface area contributed by atoms with Crippen LogP contribution in [0.4, 0.5) is 0 Å². The van der Waals surface area contributed by atoms with E-state index in [4.69, 9.17) is 0 Å². The maximum Gasteiger partial charge on any atom is 0.223 e. The number of carbonyl (C=O) groups is 1. The molecule has 2 heterocycles. The summed E-state index contributed by atoms with van der Waals surface area (Å²) in [5.74, 6) is 0.574. The number of piperidine rings is 2. The third kappa shape index (κ3) is 1.53. The van der Waals surface area contributed by atoms with Crippen molar-refractivity contribution in [2.45, 2.75) is 26.2 Å². The Morgan fingerprint density at radius 1 is 1.31 bits per heavy atom. The number of hydrogen-bond donors (Lipinski definition) is 1. The third-order valence-electron chi connectivity index (χ3n) is 4.07. The summed E-state index contributed by atoms with van der Waals surface area (Å²) in [7, 11) is 0. The smallest absolute Gasteiger partial charge is 0.223 e. The summed E-state index contributed by atoms with van der Waals surface area (Å²) in [5.41, 5.74) is 3.08. The molecule has 0 unspecified atom stereocenters. The zero-order valence-corrected chi connectivity index (χ0v) is 9.62. The number of fused-ring (bicyclic) bond motifs is 2. The lowest BCUT2D eigenvalue weighted by Crippen LogP contribution is -2.58. The van der Waals surface area contributed by atoms with Gasteiger partial charge in [0.05, 0.1) is 0 Å². The molecule has 84 valence electrons. The highest BCUT2D eigenvalue weighted by Gasteiger charge is 2.50. The van der Waals surface area contributed by atoms with Gasteiger partial charge in [0, 0.05) is 12.5 Å². The van der Waals surface area contributed by atoms with Crippen molar-refractivity contribution < 1.29 is 4.79 Å². The second-order valence-corrected chi connectivity index (χ2v) is 5.49. The van der Waals surface area contributed by atoms with E-state index in [1.807, 2.05) is 0 Å². The fraction of sp³-hybridized carbons (Fsp3) is 0.500. The number of aryl methyl sites for hydroxylation is 1. The standard InChI is InChI=1S/C14H17NO/c1-10-2-4-11(5-3-10)6-14-7-12(8-14)13(16)15-9-14/h2-5,12H,6-9H2,1H3,(H,15,16). The minimum atomic E-state index is 0.269. The van der Waals surface area contributed by atoms with Crippen molar-refractivity contribution in [1.29, 1.82) is 0 Å². The van der Waals surface area contributed by atoms with Crippen LogP contribution in [0.2, 0.25) is 0 Å². The first-order valence-electron chi connectivity index (χ1n) is 6.00. The maximum absolute atomic E-state index is 11.4. The van der Waals surface area contributed by atoms with Crippen LogP contribution in [0.5, 0.6) is 0 Å². The predicted molar refractivity (Wildman–Crippen MR) is 63.0 cm³/mol. The summed E-state index contributed by atoms with van der Waals surface area (Å²) >= 11 is 0. The van der Waals surface area contributed by atoms with Crippen LogP contribution < -0.4 is 5.32 Å². The number of amides is 1. The Balaban J connectivity index is 1.72. The van der Waals surface area contributed by atoms with Gasteiger partial charge in [-0.2, -0.15) is 0 Å². The van der Waals surface area contributed by atoms with Crippen molar-refractivity contribution in [3.8, 4) is 0 Å². The lowest BCUT2D eigenvalue weighted by molar-refractivity contribution is -0.140. The number of benzene rings is 1. The molecule has 0 spiro atoms. The fourth-order valence-electron chi connectivity index (χ4n) is 3.08. The molecule has 0 atom stereocenters. The van der Waals surface area contributed by atoms with E-state index in [0.717, 1.165) is 25.8 Å². The predicted octanol–water partition coefficient (Wildman–Crippen LogP) is 2.06. The zero-order valence-electron chi connectivity index (χ0n) is 9.62. The molecule has 3 aliphatic rings. The van der Waals surface area contributed by atoms with Crippen LogP contribution >= 0.6 is 0 Å². The van der Waals surface area contributed by atoms with Crippen molar-refractivity contribution in [3.63, 3.8) is 0 Å². The molecule has 1 aromatic carbocycles. The third-order valence-corrected chi connectivity index (χ3v) is 4.07. The number of nitrogens with one attached hydrogen (secondary N) is 1. The van der Waals surface area contributed by atoms with Crippen LogP contribution in [-0.4, -0.2) is 12.5 Å². The molecule has 1 aromatic rings. The minimum Gasteiger partial charge on any atom is -0.355 e. The molecule has 3 fully saturated rings. The van der Waals surface area contributed by atoms with E-state index in [1.54, 1.807) is 0 Å². The van der Waals surface area contributed by atoms with Gasteiger partial charge >= 0.3 is 0 Å². The van der Waals surface area contributed by atoms with Gasteiger partial charge in [-0.3, -0.25) is 4.79 Å². The summed E-state index contributed by atoms with van der Waals surface area (Å²) in [4.78, 5) is 11.4. The molecule has 2 heteroatoms. The highest BCUT2D eigenvalue weighted by Crippen LogP contribution is 2.50. The van der Waals surface area contributed by atoms with E-state index in [2.05, 4.69) is 36.5 Å². The van der Waals surface area contributed by atoms with Gasteiger partial charge in [0.15, 0.2) is 0 Å². The van der Waals surface area contributed by atoms with Gasteiger partial charge in [-0.1, -0.05) is 29.8 Å². The van der Waals surface area contributed by atoms with Gasteiger partial charge in [-0.15, -0.1) is 0 Å². The zero-order chi connectivity index (χ0) is 11.2. The quantitative estimate of drug-likeness (QED) is 0.804. The minimum absolute atomic E-state index is 0.269. The summed E-state index contributed by atoms with van der Waals surface area (Å²) in [6.07, 6.45) is 3.30. The molecule has 0 aromatic heterocycles. The van der Waals surface area contributed by atoms with Crippen LogP contribution in [0.3, 0.4) is 0 Å². The van der Waals surface area contributed by atoms with Gasteiger partial charge in [0.25, 0.3) is 0 Å². The Morgan fingerprint density at radius 2 is 2.00 bits per heavy atom. The molecular formula is C14H17NO. The van der Waals surface area contributed by atoms with E-state index in [0.29, 0.717) is 11.3 Å². The van der Waals surface area contributed by atoms with Crippen molar-refractivity contribution in [2.75, 3.05) is 6.54 Å². The van der Waals surface area contributed by atoms with Crippen molar-refractivity contribution in [1.82, 2.24) is 5.32 Å². The summed E-state index contributed by atoms with van der Waals surface area (Å²) < 4.78 is 0. The topological polar surface area (TPSA) is 29.1 Å². The molecule has 2 nitrogen and oxygen atoms in total. The molecule has 1 aliphatic carbocycles. The summed E-state index contributed by atoms with van der Waals surface area (Å²) in [6.45, 7) is 2.98. The molecule has 1 saturated carbocycles. The normalized spacial score (nSPS) is 31.8. The monoisotopic (exact) mass is 215 g/mol. The fourth-order valence-corrected chi connectivity index (χ4v) is 3.08. The van der Waals surface area contributed by atoms with Crippen LogP contribution in [0.1, 0.15) is 24.0 Å². The van der Waals surface area contributed by atoms with Gasteiger partial charge < -0.3 is 5.32 Å². The first-order valence-corrected chi connectivity index (χ1v) is 6.00. The summed E-state index contributed by atoms with van der Waals surface area (Å²) in [6, 6.07) is 8.77. The molecule has 4 rings (SSSR count). The van der Waals surface area contributed by atoms with Gasteiger partial charge in [0.1, 0.15) is 0 Å². The Labute approximate surface area is 96.1 Å². The van der Waals surface area contributed by atoms with Crippen LogP contribution in [0.25, 0.3) is 0 Å². The first kappa shape index (κ1) is 9.88. The Bertz CT molecular complexity index is 409. The van der Waals surface area contributed by atoms with Crippen molar-refractivity contribution >= 4 is 5.91 Å². The average molecular weight is 215 g/mol. The Hall–Kier alpha value is -1.31. The van der Waals surface area contributed by atoms with Crippen LogP contribution in [0, 0.1) is 18.3 Å². The number of carbonyl (C=O) groups excluding carboxylic acids is 1. The van der Waals surface area contributed by atoms with Gasteiger partial charge in [-0.05, 0) is 37.2 Å². The molecule has 0 radical (unpaired) electrons. The van der Waals surface area contributed by atoms with E-state index in [1.165, 1.54) is 11.1 Å². The van der Waals surface area contributed by atoms with Gasteiger partial charge in [-0.25, -0.2) is 0 Å². The SMILES string of the molecule is Cc1ccc(CC23CNC(=O)C(C2)C3)cc1. The van der Waals surface area contributed by atoms with E-state index in [-0.39, 0.29) is 5.91 Å². The van der Waals surface area contributed by atoms with E-state index in [9.17, 15) is 4.79 Å². The highest BCUT2D eigenvalue weighted by molar-refractivity contribution is 5.81. The second-order valence-electron chi connectivity index (χ2n) is 5.49. The highest BCUT2D eigenvalue weighted by atomic mass is 16.2. The largest absolute Gasteiger partial charge is 0.355 e. The second kappa shape index (κ2) is 3.34. The Kier molecular flexibility index (Phi) is 2.06. The van der Waals surface area contributed by atoms with Crippen LogP contribution in [-0.2, 0) is 11.2 Å². The van der Waals surface area contributed by atoms with Crippen molar-refractivity contribution in [2.24, 2.45) is 11.3 Å². The van der Waals surface area contributed by atoms with E-state index >= 15 is 0 Å². The first-order chi connectivity index (χ1) is 7.67. The molecule has 16 heavy (non-hydrogen) atoms. The molecule has 1 N–H and O–H groups in total. The maximum atomic E-state index is 11.4. The molecule has 2 bridgehead atoms. The number of rotatable bonds is 2. The van der Waals surface area contributed by atoms with Crippen LogP contribution in [0.15, 0.2) is 24.3 Å². The lowest BCUT2D eigenvalue weighted by Gasteiger charge is -2.51. The number of hydrogen-bond acceptors (Lipinski definition) is 1. The molecule has 2 aliphatic heterocycles.